The third kappa shape index (κ3) is 7.89. The summed E-state index contributed by atoms with van der Waals surface area (Å²) in [4.78, 5) is 41.9. The number of thioether (sulfide) groups is 2. The van der Waals surface area contributed by atoms with Crippen LogP contribution in [0.1, 0.15) is 0 Å². The predicted molar refractivity (Wildman–Crippen MR) is 135 cm³/mol. The summed E-state index contributed by atoms with van der Waals surface area (Å²) in [6, 6.07) is 6.32. The fourth-order valence-corrected chi connectivity index (χ4v) is 3.17. The van der Waals surface area contributed by atoms with E-state index in [1.54, 1.807) is 24.5 Å². The lowest BCUT2D eigenvalue weighted by molar-refractivity contribution is 0.276. The summed E-state index contributed by atoms with van der Waals surface area (Å²) >= 11 is 5.86. The molecule has 0 amide bonds. The number of alkyl halides is 1. The topological polar surface area (TPSA) is 147 Å². The molecule has 0 fully saturated rings. The molecule has 0 radical (unpaired) electrons. The molecule has 176 valence electrons. The van der Waals surface area contributed by atoms with Gasteiger partial charge in [0.1, 0.15) is 11.3 Å². The van der Waals surface area contributed by atoms with Crippen molar-refractivity contribution < 1.29 is 10.2 Å². The van der Waals surface area contributed by atoms with Gasteiger partial charge in [0.25, 0.3) is 5.56 Å². The highest BCUT2D eigenvalue weighted by Gasteiger charge is 2.05. The molecule has 0 saturated carbocycles. The Hall–Kier alpha value is -2.32. The number of nitrogens with zero attached hydrogens (tertiary/aromatic N) is 5. The van der Waals surface area contributed by atoms with Crippen molar-refractivity contribution in [3.63, 3.8) is 0 Å². The van der Waals surface area contributed by atoms with Gasteiger partial charge in [0.15, 0.2) is 10.3 Å². The number of halogens is 1. The zero-order valence-electron chi connectivity index (χ0n) is 17.9. The molecule has 0 aromatic carbocycles. The highest BCUT2D eigenvalue weighted by molar-refractivity contribution is 9.09. The zero-order chi connectivity index (χ0) is 24.2. The molecule has 0 aliphatic carbocycles. The molecule has 0 unspecified atom stereocenters. The van der Waals surface area contributed by atoms with Gasteiger partial charge in [-0.15, -0.1) is 0 Å². The lowest BCUT2D eigenvalue weighted by Gasteiger charge is -2.07. The molecule has 4 aromatic rings. The molecular formula is C20H23BrN6O4S2. The van der Waals surface area contributed by atoms with E-state index in [1.807, 2.05) is 12.5 Å². The quantitative estimate of drug-likeness (QED) is 0.190. The average Bonchev–Trinajstić information content (AvgIpc) is 2.85. The van der Waals surface area contributed by atoms with Crippen LogP contribution in [0.3, 0.4) is 0 Å². The molecule has 4 heterocycles. The van der Waals surface area contributed by atoms with Crippen LogP contribution in [0, 0.1) is 0 Å². The van der Waals surface area contributed by atoms with E-state index in [9.17, 15) is 9.59 Å². The van der Waals surface area contributed by atoms with Gasteiger partial charge in [-0.25, -0.2) is 19.9 Å². The third-order valence-electron chi connectivity index (χ3n) is 3.93. The maximum Gasteiger partial charge on any atom is 0.252 e. The Morgan fingerprint density at radius 3 is 2.15 bits per heavy atom. The fraction of sp³-hybridized carbons (Fsp3) is 0.300. The van der Waals surface area contributed by atoms with Crippen LogP contribution in [0.25, 0.3) is 22.1 Å². The Labute approximate surface area is 206 Å². The number of rotatable bonds is 5. The number of pyridine rings is 2. The molecule has 33 heavy (non-hydrogen) atoms. The molecule has 4 rings (SSSR count). The molecule has 13 heteroatoms. The van der Waals surface area contributed by atoms with E-state index in [4.69, 9.17) is 10.2 Å². The minimum atomic E-state index is -0.160. The first-order valence-corrected chi connectivity index (χ1v) is 13.1. The van der Waals surface area contributed by atoms with E-state index in [-0.39, 0.29) is 30.9 Å². The molecule has 0 saturated heterocycles. The van der Waals surface area contributed by atoms with E-state index in [0.29, 0.717) is 26.9 Å². The van der Waals surface area contributed by atoms with Crippen LogP contribution in [0.2, 0.25) is 0 Å². The van der Waals surface area contributed by atoms with E-state index >= 15 is 0 Å². The second-order valence-electron chi connectivity index (χ2n) is 6.08. The van der Waals surface area contributed by atoms with Crippen molar-refractivity contribution in [1.29, 1.82) is 0 Å². The summed E-state index contributed by atoms with van der Waals surface area (Å²) in [5.41, 5.74) is 0.860. The second-order valence-corrected chi connectivity index (χ2v) is 8.42. The first-order chi connectivity index (χ1) is 16.0. The SMILES string of the molecule is CSc1ncc2ccc(=O)[nH]c2n1.CSc1ncc2ccc(=O)n(CCO)c2n1.OCCBr. The van der Waals surface area contributed by atoms with Crippen LogP contribution >= 0.6 is 39.5 Å². The Bertz CT molecular complexity index is 1300. The Morgan fingerprint density at radius 1 is 0.939 bits per heavy atom. The third-order valence-corrected chi connectivity index (χ3v) is 5.40. The van der Waals surface area contributed by atoms with Crippen LogP contribution in [-0.4, -0.2) is 70.8 Å². The first kappa shape index (κ1) is 26.9. The molecule has 0 aliphatic heterocycles. The van der Waals surface area contributed by atoms with Crippen LogP contribution in [0.5, 0.6) is 0 Å². The van der Waals surface area contributed by atoms with Gasteiger partial charge >= 0.3 is 0 Å². The lowest BCUT2D eigenvalue weighted by Crippen LogP contribution is -2.21. The number of aromatic nitrogens is 6. The van der Waals surface area contributed by atoms with Crippen LogP contribution < -0.4 is 11.1 Å². The van der Waals surface area contributed by atoms with Crippen molar-refractivity contribution in [2.24, 2.45) is 0 Å². The summed E-state index contributed by atoms with van der Waals surface area (Å²) in [5, 5.41) is 20.4. The zero-order valence-corrected chi connectivity index (χ0v) is 21.2. The molecule has 3 N–H and O–H groups in total. The van der Waals surface area contributed by atoms with Crippen molar-refractivity contribution >= 4 is 61.5 Å². The number of nitrogens with one attached hydrogen (secondary N) is 1. The number of aromatic amines is 1. The highest BCUT2D eigenvalue weighted by atomic mass is 79.9. The van der Waals surface area contributed by atoms with Gasteiger partial charge in [-0.3, -0.25) is 14.2 Å². The Kier molecular flexibility index (Phi) is 11.5. The number of H-pyrrole nitrogens is 1. The minimum Gasteiger partial charge on any atom is -0.396 e. The number of aliphatic hydroxyl groups is 2. The van der Waals surface area contributed by atoms with Crippen molar-refractivity contribution in [2.75, 3.05) is 31.1 Å². The smallest absolute Gasteiger partial charge is 0.252 e. The average molecular weight is 555 g/mol. The van der Waals surface area contributed by atoms with Crippen molar-refractivity contribution in [3.8, 4) is 0 Å². The van der Waals surface area contributed by atoms with Crippen LogP contribution in [0.15, 0.2) is 56.6 Å². The molecular weight excluding hydrogens is 532 g/mol. The lowest BCUT2D eigenvalue weighted by atomic mass is 10.3. The summed E-state index contributed by atoms with van der Waals surface area (Å²) in [7, 11) is 0. The van der Waals surface area contributed by atoms with Crippen LogP contribution in [0.4, 0.5) is 0 Å². The first-order valence-electron chi connectivity index (χ1n) is 9.55. The number of hydrogen-bond donors (Lipinski definition) is 3. The number of aliphatic hydroxyl groups excluding tert-OH is 2. The summed E-state index contributed by atoms with van der Waals surface area (Å²) < 4.78 is 1.46. The van der Waals surface area contributed by atoms with E-state index in [1.165, 1.54) is 40.2 Å². The highest BCUT2D eigenvalue weighted by Crippen LogP contribution is 2.13. The van der Waals surface area contributed by atoms with Gasteiger partial charge in [-0.05, 0) is 24.6 Å². The maximum absolute atomic E-state index is 11.6. The van der Waals surface area contributed by atoms with Crippen molar-refractivity contribution in [1.82, 2.24) is 29.5 Å². The molecule has 0 bridgehead atoms. The van der Waals surface area contributed by atoms with Crippen molar-refractivity contribution in [2.45, 2.75) is 16.9 Å². The summed E-state index contributed by atoms with van der Waals surface area (Å²) in [6.45, 7) is 0.401. The fourth-order valence-electron chi connectivity index (χ4n) is 2.49. The normalized spacial score (nSPS) is 10.3. The predicted octanol–water partition coefficient (Wildman–Crippen LogP) is 1.92. The summed E-state index contributed by atoms with van der Waals surface area (Å²) in [5.74, 6) is 0. The van der Waals surface area contributed by atoms with Gasteiger partial charge in [-0.2, -0.15) is 0 Å². The van der Waals surface area contributed by atoms with E-state index < -0.39 is 0 Å². The van der Waals surface area contributed by atoms with E-state index in [0.717, 1.165) is 10.8 Å². The Balaban J connectivity index is 0.000000204. The monoisotopic (exact) mass is 554 g/mol. The summed E-state index contributed by atoms with van der Waals surface area (Å²) in [6.07, 6.45) is 7.15. The molecule has 0 aliphatic rings. The molecule has 0 spiro atoms. The standard InChI is InChI=1S/C10H11N3O2S.C8H7N3OS.C2H5BrO/c1-16-10-11-6-7-2-3-8(15)13(4-5-14)9(7)12-10;1-13-8-9-4-5-2-3-6(12)10-7(5)11-8;3-1-2-4/h2-3,6,14H,4-5H2,1H3;2-4H,1H3,(H,9,10,11,12);4H,1-2H2. The number of fused-ring (bicyclic) bond motifs is 2. The van der Waals surface area contributed by atoms with E-state index in [2.05, 4.69) is 40.8 Å². The number of hydrogen-bond acceptors (Lipinski definition) is 10. The second kappa shape index (κ2) is 14.1. The maximum atomic E-state index is 11.6. The largest absolute Gasteiger partial charge is 0.396 e. The van der Waals surface area contributed by atoms with Gasteiger partial charge in [0.2, 0.25) is 5.56 Å². The van der Waals surface area contributed by atoms with Crippen LogP contribution in [-0.2, 0) is 6.54 Å². The van der Waals surface area contributed by atoms with Gasteiger partial charge in [0, 0.05) is 40.6 Å². The van der Waals surface area contributed by atoms with Gasteiger partial charge in [0.05, 0.1) is 19.8 Å². The van der Waals surface area contributed by atoms with Crippen molar-refractivity contribution in [3.05, 3.63) is 57.4 Å². The molecule has 4 aromatic heterocycles. The minimum absolute atomic E-state index is 0.0857. The molecule has 0 atom stereocenters. The van der Waals surface area contributed by atoms with Gasteiger partial charge < -0.3 is 15.2 Å². The molecule has 10 nitrogen and oxygen atoms in total. The Morgan fingerprint density at radius 2 is 1.55 bits per heavy atom. The van der Waals surface area contributed by atoms with Gasteiger partial charge in [-0.1, -0.05) is 39.5 Å².